The minimum Gasteiger partial charge on any atom is -0.310 e. The Bertz CT molecular complexity index is 588. The number of hydrogen-bond donors (Lipinski definition) is 1. The second-order valence-corrected chi connectivity index (χ2v) is 4.84. The van der Waals surface area contributed by atoms with E-state index in [1.54, 1.807) is 6.07 Å². The third-order valence-corrected chi connectivity index (χ3v) is 3.20. The molecule has 3 rings (SSSR count). The molecule has 7 heteroatoms. The first kappa shape index (κ1) is 13.1. The molecule has 1 aliphatic rings. The fraction of sp³-hybridized carbons (Fsp3) is 0.385. The number of nitrogens with one attached hydrogen (secondary N) is 1. The van der Waals surface area contributed by atoms with Gasteiger partial charge in [-0.3, -0.25) is 0 Å². The van der Waals surface area contributed by atoms with Gasteiger partial charge < -0.3 is 5.32 Å². The highest BCUT2D eigenvalue weighted by atomic mass is 19.4. The molecule has 1 saturated carbocycles. The molecule has 20 heavy (non-hydrogen) atoms. The Morgan fingerprint density at radius 2 is 2.10 bits per heavy atom. The fourth-order valence-electron chi connectivity index (χ4n) is 2.00. The lowest BCUT2D eigenvalue weighted by molar-refractivity contribution is -0.137. The topological polar surface area (TPSA) is 42.7 Å². The maximum atomic E-state index is 13.1. The van der Waals surface area contributed by atoms with Crippen LogP contribution < -0.4 is 5.32 Å². The smallest absolute Gasteiger partial charge is 0.310 e. The number of rotatable bonds is 4. The number of nitrogens with zero attached hydrogens (tertiary/aromatic N) is 3. The summed E-state index contributed by atoms with van der Waals surface area (Å²) in [5, 5.41) is 6.97. The summed E-state index contributed by atoms with van der Waals surface area (Å²) in [6.45, 7) is 0.450. The van der Waals surface area contributed by atoms with Gasteiger partial charge in [-0.15, -0.1) is 0 Å². The summed E-state index contributed by atoms with van der Waals surface area (Å²) >= 11 is 0. The van der Waals surface area contributed by atoms with Crippen LogP contribution in [-0.2, 0) is 12.7 Å². The van der Waals surface area contributed by atoms with Gasteiger partial charge in [0.1, 0.15) is 12.7 Å². The molecule has 1 aromatic heterocycles. The predicted octanol–water partition coefficient (Wildman–Crippen LogP) is 2.54. The van der Waals surface area contributed by atoms with Crippen LogP contribution in [0.25, 0.3) is 5.69 Å². The van der Waals surface area contributed by atoms with E-state index < -0.39 is 11.7 Å². The van der Waals surface area contributed by atoms with Crippen molar-refractivity contribution in [2.45, 2.75) is 31.6 Å². The van der Waals surface area contributed by atoms with E-state index >= 15 is 0 Å². The molecule has 1 N–H and O–H groups in total. The highest BCUT2D eigenvalue weighted by Gasteiger charge is 2.34. The molecule has 1 heterocycles. The predicted molar refractivity (Wildman–Crippen MR) is 66.2 cm³/mol. The first-order valence-corrected chi connectivity index (χ1v) is 6.32. The van der Waals surface area contributed by atoms with Crippen LogP contribution in [0.2, 0.25) is 0 Å². The molecule has 0 radical (unpaired) electrons. The Balaban J connectivity index is 1.93. The molecule has 1 aliphatic carbocycles. The van der Waals surface area contributed by atoms with E-state index in [2.05, 4.69) is 15.4 Å². The SMILES string of the molecule is FC(F)(F)c1cc(CNC2CC2)ccc1-n1cncn1. The summed E-state index contributed by atoms with van der Waals surface area (Å²) in [5.74, 6) is 0. The van der Waals surface area contributed by atoms with Crippen molar-refractivity contribution in [2.24, 2.45) is 0 Å². The quantitative estimate of drug-likeness (QED) is 0.937. The normalized spacial score (nSPS) is 15.6. The summed E-state index contributed by atoms with van der Waals surface area (Å²) in [7, 11) is 0. The van der Waals surface area contributed by atoms with Gasteiger partial charge in [0.2, 0.25) is 0 Å². The second-order valence-electron chi connectivity index (χ2n) is 4.84. The molecular formula is C13H13F3N4. The highest BCUT2D eigenvalue weighted by Crippen LogP contribution is 2.34. The number of aromatic nitrogens is 3. The summed E-state index contributed by atoms with van der Waals surface area (Å²) in [6.07, 6.45) is 0.249. The van der Waals surface area contributed by atoms with Crippen LogP contribution >= 0.6 is 0 Å². The Hall–Kier alpha value is -1.89. The monoisotopic (exact) mass is 282 g/mol. The van der Waals surface area contributed by atoms with E-state index in [9.17, 15) is 13.2 Å². The van der Waals surface area contributed by atoms with Crippen molar-refractivity contribution >= 4 is 0 Å². The molecule has 4 nitrogen and oxygen atoms in total. The first-order chi connectivity index (χ1) is 9.54. The fourth-order valence-corrected chi connectivity index (χ4v) is 2.00. The van der Waals surface area contributed by atoms with Crippen molar-refractivity contribution in [3.8, 4) is 5.69 Å². The van der Waals surface area contributed by atoms with Gasteiger partial charge in [0.05, 0.1) is 11.3 Å². The summed E-state index contributed by atoms with van der Waals surface area (Å²) < 4.78 is 40.6. The zero-order chi connectivity index (χ0) is 14.2. The van der Waals surface area contributed by atoms with Crippen LogP contribution in [0.4, 0.5) is 13.2 Å². The average molecular weight is 282 g/mol. The summed E-state index contributed by atoms with van der Waals surface area (Å²) in [5.41, 5.74) is -0.0867. The maximum absolute atomic E-state index is 13.1. The third kappa shape index (κ3) is 2.82. The Labute approximate surface area is 113 Å². The number of hydrogen-bond acceptors (Lipinski definition) is 3. The van der Waals surface area contributed by atoms with Crippen molar-refractivity contribution < 1.29 is 13.2 Å². The molecule has 0 unspecified atom stereocenters. The summed E-state index contributed by atoms with van der Waals surface area (Å²) in [4.78, 5) is 3.68. The summed E-state index contributed by atoms with van der Waals surface area (Å²) in [6, 6.07) is 4.74. The molecule has 106 valence electrons. The van der Waals surface area contributed by atoms with Crippen LogP contribution in [0, 0.1) is 0 Å². The van der Waals surface area contributed by atoms with Gasteiger partial charge in [-0.25, -0.2) is 9.67 Å². The van der Waals surface area contributed by atoms with Crippen molar-refractivity contribution in [2.75, 3.05) is 0 Å². The van der Waals surface area contributed by atoms with Gasteiger partial charge in [0, 0.05) is 12.6 Å². The molecule has 0 bridgehead atoms. The second kappa shape index (κ2) is 4.90. The van der Waals surface area contributed by atoms with Gasteiger partial charge in [-0.1, -0.05) is 6.07 Å². The van der Waals surface area contributed by atoms with E-state index in [1.807, 2.05) is 0 Å². The largest absolute Gasteiger partial charge is 0.418 e. The van der Waals surface area contributed by atoms with E-state index in [0.29, 0.717) is 18.2 Å². The van der Waals surface area contributed by atoms with Crippen LogP contribution in [-0.4, -0.2) is 20.8 Å². The molecule has 1 aromatic carbocycles. The zero-order valence-corrected chi connectivity index (χ0v) is 10.6. The van der Waals surface area contributed by atoms with E-state index in [-0.39, 0.29) is 5.69 Å². The van der Waals surface area contributed by atoms with Gasteiger partial charge in [0.15, 0.2) is 0 Å². The van der Waals surface area contributed by atoms with Gasteiger partial charge in [0.25, 0.3) is 0 Å². The standard InChI is InChI=1S/C13H13F3N4/c14-13(15,16)11-5-9(6-18-10-2-3-10)1-4-12(11)20-8-17-7-19-20/h1,4-5,7-8,10,18H,2-3,6H2. The molecular weight excluding hydrogens is 269 g/mol. The van der Waals surface area contributed by atoms with E-state index in [4.69, 9.17) is 0 Å². The van der Waals surface area contributed by atoms with Gasteiger partial charge in [-0.2, -0.15) is 18.3 Å². The molecule has 2 aromatic rings. The molecule has 0 saturated heterocycles. The number of alkyl halides is 3. The van der Waals surface area contributed by atoms with Gasteiger partial charge >= 0.3 is 6.18 Å². The highest BCUT2D eigenvalue weighted by molar-refractivity contribution is 5.44. The van der Waals surface area contributed by atoms with Crippen molar-refractivity contribution in [1.82, 2.24) is 20.1 Å². The molecule has 0 atom stereocenters. The third-order valence-electron chi connectivity index (χ3n) is 3.20. The lowest BCUT2D eigenvalue weighted by Gasteiger charge is -2.14. The van der Waals surface area contributed by atoms with Crippen molar-refractivity contribution in [1.29, 1.82) is 0 Å². The lowest BCUT2D eigenvalue weighted by Crippen LogP contribution is -2.17. The average Bonchev–Trinajstić information content (AvgIpc) is 3.07. The van der Waals surface area contributed by atoms with Crippen LogP contribution in [0.15, 0.2) is 30.9 Å². The Morgan fingerprint density at radius 3 is 2.70 bits per heavy atom. The van der Waals surface area contributed by atoms with Crippen LogP contribution in [0.5, 0.6) is 0 Å². The molecule has 1 fully saturated rings. The van der Waals surface area contributed by atoms with Crippen molar-refractivity contribution in [3.05, 3.63) is 42.0 Å². The van der Waals surface area contributed by atoms with Crippen LogP contribution in [0.3, 0.4) is 0 Å². The molecule has 0 amide bonds. The minimum absolute atomic E-state index is 0.00910. The lowest BCUT2D eigenvalue weighted by atomic mass is 10.1. The molecule has 0 aliphatic heterocycles. The molecule has 0 spiro atoms. The Kier molecular flexibility index (Phi) is 3.21. The Morgan fingerprint density at radius 1 is 1.30 bits per heavy atom. The zero-order valence-electron chi connectivity index (χ0n) is 10.6. The number of benzene rings is 1. The van der Waals surface area contributed by atoms with Crippen LogP contribution in [0.1, 0.15) is 24.0 Å². The maximum Gasteiger partial charge on any atom is 0.418 e. The van der Waals surface area contributed by atoms with E-state index in [0.717, 1.165) is 17.5 Å². The number of halogens is 3. The van der Waals surface area contributed by atoms with E-state index in [1.165, 1.54) is 24.8 Å². The van der Waals surface area contributed by atoms with Crippen molar-refractivity contribution in [3.63, 3.8) is 0 Å². The minimum atomic E-state index is -4.42. The van der Waals surface area contributed by atoms with Gasteiger partial charge in [-0.05, 0) is 30.5 Å². The first-order valence-electron chi connectivity index (χ1n) is 6.32.